The van der Waals surface area contributed by atoms with Gasteiger partial charge in [-0.1, -0.05) is 25.1 Å². The molecule has 0 fully saturated rings. The van der Waals surface area contributed by atoms with Gasteiger partial charge >= 0.3 is 0 Å². The van der Waals surface area contributed by atoms with Gasteiger partial charge in [-0.2, -0.15) is 5.10 Å². The van der Waals surface area contributed by atoms with Crippen molar-refractivity contribution in [2.24, 2.45) is 0 Å². The normalized spacial score (nSPS) is 12.1. The van der Waals surface area contributed by atoms with Crippen molar-refractivity contribution in [2.75, 3.05) is 0 Å². The fourth-order valence-electron chi connectivity index (χ4n) is 3.43. The monoisotopic (exact) mass is 385 g/mol. The van der Waals surface area contributed by atoms with Crippen LogP contribution in [0, 0.1) is 0 Å². The van der Waals surface area contributed by atoms with Gasteiger partial charge in [0.25, 0.3) is 5.91 Å². The molecule has 4 rings (SSSR count). The summed E-state index contributed by atoms with van der Waals surface area (Å²) in [6.45, 7) is 4.87. The molecular formula is C23H23N5O. The van der Waals surface area contributed by atoms with E-state index in [1.165, 1.54) is 0 Å². The second-order valence-corrected chi connectivity index (χ2v) is 6.87. The van der Waals surface area contributed by atoms with E-state index in [1.54, 1.807) is 18.6 Å². The number of nitrogens with zero attached hydrogens (tertiary/aromatic N) is 4. The summed E-state index contributed by atoms with van der Waals surface area (Å²) < 4.78 is 1.85. The molecule has 3 heterocycles. The average Bonchev–Trinajstić information content (AvgIpc) is 3.26. The molecule has 1 N–H and O–H groups in total. The molecule has 29 heavy (non-hydrogen) atoms. The minimum atomic E-state index is -0.114. The van der Waals surface area contributed by atoms with Crippen molar-refractivity contribution < 1.29 is 4.79 Å². The first-order valence-electron chi connectivity index (χ1n) is 9.83. The first-order chi connectivity index (χ1) is 14.2. The number of hydrogen-bond donors (Lipinski definition) is 1. The van der Waals surface area contributed by atoms with Crippen LogP contribution in [0.3, 0.4) is 0 Å². The van der Waals surface area contributed by atoms with Crippen LogP contribution in [0.1, 0.15) is 42.2 Å². The number of para-hydroxylation sites is 1. The highest BCUT2D eigenvalue weighted by molar-refractivity contribution is 6.07. The van der Waals surface area contributed by atoms with Crippen LogP contribution in [0.15, 0.2) is 67.3 Å². The Balaban J connectivity index is 1.74. The van der Waals surface area contributed by atoms with Crippen LogP contribution < -0.4 is 5.32 Å². The van der Waals surface area contributed by atoms with Crippen LogP contribution in [0.2, 0.25) is 0 Å². The number of aryl methyl sites for hydroxylation is 1. The molecule has 0 spiro atoms. The molecule has 0 aliphatic rings. The van der Waals surface area contributed by atoms with Crippen molar-refractivity contribution in [1.82, 2.24) is 25.1 Å². The SMILES string of the molecule is CC[C@H](NC(=O)c1cc(-c2cnn(CC)c2)nc2ccccc12)c1ccncc1. The third-order valence-electron chi connectivity index (χ3n) is 5.04. The first kappa shape index (κ1) is 18.8. The number of carbonyl (C=O) groups is 1. The van der Waals surface area contributed by atoms with E-state index in [4.69, 9.17) is 4.98 Å². The van der Waals surface area contributed by atoms with Crippen molar-refractivity contribution in [3.05, 3.63) is 78.4 Å². The molecule has 0 aliphatic carbocycles. The number of aromatic nitrogens is 4. The molecule has 1 amide bonds. The first-order valence-corrected chi connectivity index (χ1v) is 9.83. The van der Waals surface area contributed by atoms with Gasteiger partial charge in [0.05, 0.1) is 29.0 Å². The summed E-state index contributed by atoms with van der Waals surface area (Å²) in [4.78, 5) is 22.1. The summed E-state index contributed by atoms with van der Waals surface area (Å²) in [6.07, 6.45) is 8.01. The zero-order valence-corrected chi connectivity index (χ0v) is 16.5. The van der Waals surface area contributed by atoms with E-state index in [-0.39, 0.29) is 11.9 Å². The third-order valence-corrected chi connectivity index (χ3v) is 5.04. The van der Waals surface area contributed by atoms with Gasteiger partial charge in [0.15, 0.2) is 0 Å². The molecule has 0 radical (unpaired) electrons. The van der Waals surface area contributed by atoms with Crippen LogP contribution in [0.4, 0.5) is 0 Å². The second-order valence-electron chi connectivity index (χ2n) is 6.87. The predicted octanol–water partition coefficient (Wildman–Crippen LogP) is 4.39. The highest BCUT2D eigenvalue weighted by Crippen LogP contribution is 2.26. The minimum Gasteiger partial charge on any atom is -0.345 e. The van der Waals surface area contributed by atoms with Crippen molar-refractivity contribution in [2.45, 2.75) is 32.9 Å². The summed E-state index contributed by atoms with van der Waals surface area (Å²) in [6, 6.07) is 13.4. The van der Waals surface area contributed by atoms with Crippen LogP contribution in [-0.2, 0) is 6.54 Å². The maximum absolute atomic E-state index is 13.3. The second kappa shape index (κ2) is 8.22. The number of fused-ring (bicyclic) bond motifs is 1. The maximum atomic E-state index is 13.3. The smallest absolute Gasteiger partial charge is 0.252 e. The van der Waals surface area contributed by atoms with Gasteiger partial charge in [-0.25, -0.2) is 4.98 Å². The Hall–Kier alpha value is -3.54. The minimum absolute atomic E-state index is 0.0799. The lowest BCUT2D eigenvalue weighted by Gasteiger charge is -2.18. The number of benzene rings is 1. The van der Waals surface area contributed by atoms with Crippen molar-refractivity contribution in [1.29, 1.82) is 0 Å². The van der Waals surface area contributed by atoms with Gasteiger partial charge in [-0.3, -0.25) is 14.5 Å². The Morgan fingerprint density at radius 1 is 1.14 bits per heavy atom. The molecule has 6 heteroatoms. The van der Waals surface area contributed by atoms with Crippen LogP contribution in [-0.4, -0.2) is 25.7 Å². The van der Waals surface area contributed by atoms with Crippen molar-refractivity contribution >= 4 is 16.8 Å². The van der Waals surface area contributed by atoms with Gasteiger partial charge in [-0.15, -0.1) is 0 Å². The highest BCUT2D eigenvalue weighted by atomic mass is 16.1. The molecule has 1 atom stereocenters. The zero-order chi connectivity index (χ0) is 20.2. The lowest BCUT2D eigenvalue weighted by Crippen LogP contribution is -2.28. The number of pyridine rings is 2. The summed E-state index contributed by atoms with van der Waals surface area (Å²) in [5, 5.41) is 8.34. The van der Waals surface area contributed by atoms with Gasteiger partial charge in [0.2, 0.25) is 0 Å². The Bertz CT molecular complexity index is 1140. The van der Waals surface area contributed by atoms with E-state index >= 15 is 0 Å². The average molecular weight is 385 g/mol. The van der Waals surface area contributed by atoms with Crippen molar-refractivity contribution in [3.63, 3.8) is 0 Å². The number of nitrogens with one attached hydrogen (secondary N) is 1. The van der Waals surface area contributed by atoms with Crippen LogP contribution in [0.5, 0.6) is 0 Å². The largest absolute Gasteiger partial charge is 0.345 e. The summed E-state index contributed by atoms with van der Waals surface area (Å²) in [7, 11) is 0. The maximum Gasteiger partial charge on any atom is 0.252 e. The topological polar surface area (TPSA) is 72.7 Å². The predicted molar refractivity (Wildman–Crippen MR) is 113 cm³/mol. The molecular weight excluding hydrogens is 362 g/mol. The molecule has 6 nitrogen and oxygen atoms in total. The highest BCUT2D eigenvalue weighted by Gasteiger charge is 2.18. The summed E-state index contributed by atoms with van der Waals surface area (Å²) in [5.74, 6) is -0.114. The molecule has 4 aromatic rings. The molecule has 3 aromatic heterocycles. The Morgan fingerprint density at radius 3 is 2.66 bits per heavy atom. The number of hydrogen-bond acceptors (Lipinski definition) is 4. The molecule has 0 aliphatic heterocycles. The van der Waals surface area contributed by atoms with E-state index in [2.05, 4.69) is 22.3 Å². The van der Waals surface area contributed by atoms with E-state index < -0.39 is 0 Å². The van der Waals surface area contributed by atoms with Crippen molar-refractivity contribution in [3.8, 4) is 11.3 Å². The van der Waals surface area contributed by atoms with E-state index in [1.807, 2.05) is 60.3 Å². The molecule has 0 saturated heterocycles. The quantitative estimate of drug-likeness (QED) is 0.534. The Morgan fingerprint density at radius 2 is 1.93 bits per heavy atom. The van der Waals surface area contributed by atoms with Gasteiger partial charge in [0, 0.05) is 36.1 Å². The van der Waals surface area contributed by atoms with Crippen LogP contribution >= 0.6 is 0 Å². The lowest BCUT2D eigenvalue weighted by atomic mass is 10.0. The lowest BCUT2D eigenvalue weighted by molar-refractivity contribution is 0.0937. The van der Waals surface area contributed by atoms with E-state index in [9.17, 15) is 4.79 Å². The molecule has 146 valence electrons. The third kappa shape index (κ3) is 3.87. The molecule has 0 unspecified atom stereocenters. The Labute approximate surface area is 169 Å². The zero-order valence-electron chi connectivity index (χ0n) is 16.5. The molecule has 0 bridgehead atoms. The van der Waals surface area contributed by atoms with E-state index in [0.717, 1.165) is 40.7 Å². The number of amides is 1. The number of carbonyl (C=O) groups excluding carboxylic acids is 1. The van der Waals surface area contributed by atoms with E-state index in [0.29, 0.717) is 5.56 Å². The Kier molecular flexibility index (Phi) is 5.33. The summed E-state index contributed by atoms with van der Waals surface area (Å²) in [5.41, 5.74) is 4.08. The summed E-state index contributed by atoms with van der Waals surface area (Å²) >= 11 is 0. The standard InChI is InChI=1S/C23H23N5O/c1-3-20(16-9-11-24-12-10-16)27-23(29)19-13-22(17-14-25-28(4-2)15-17)26-21-8-6-5-7-18(19)21/h5-15,20H,3-4H2,1-2H3,(H,27,29)/t20-/m0/s1. The van der Waals surface area contributed by atoms with Crippen LogP contribution in [0.25, 0.3) is 22.2 Å². The molecule has 1 aromatic carbocycles. The fourth-order valence-corrected chi connectivity index (χ4v) is 3.43. The number of rotatable bonds is 6. The molecule has 0 saturated carbocycles. The van der Waals surface area contributed by atoms with Gasteiger partial charge in [0.1, 0.15) is 0 Å². The van der Waals surface area contributed by atoms with Gasteiger partial charge in [-0.05, 0) is 43.2 Å². The fraction of sp³-hybridized carbons (Fsp3) is 0.217. The van der Waals surface area contributed by atoms with Gasteiger partial charge < -0.3 is 5.32 Å².